The van der Waals surface area contributed by atoms with E-state index >= 15 is 0 Å². The molecule has 0 aliphatic carbocycles. The normalized spacial score (nSPS) is 10.9. The number of furan rings is 1. The predicted molar refractivity (Wildman–Crippen MR) is 107 cm³/mol. The van der Waals surface area contributed by atoms with E-state index in [4.69, 9.17) is 9.15 Å². The molecule has 0 radical (unpaired) electrons. The fraction of sp³-hybridized carbons (Fsp3) is 0.143. The van der Waals surface area contributed by atoms with Gasteiger partial charge in [0, 0.05) is 18.2 Å². The highest BCUT2D eigenvalue weighted by atomic mass is 32.2. The molecule has 4 aromatic rings. The van der Waals surface area contributed by atoms with Gasteiger partial charge in [0.15, 0.2) is 11.0 Å². The van der Waals surface area contributed by atoms with E-state index in [1.165, 1.54) is 0 Å². The van der Waals surface area contributed by atoms with Gasteiger partial charge in [0.05, 0.1) is 12.9 Å². The van der Waals surface area contributed by atoms with Crippen LogP contribution in [-0.2, 0) is 12.8 Å². The molecule has 0 N–H and O–H groups in total. The summed E-state index contributed by atoms with van der Waals surface area (Å²) in [5.74, 6) is 4.13. The van der Waals surface area contributed by atoms with Crippen molar-refractivity contribution in [1.29, 1.82) is 0 Å². The molecule has 0 saturated heterocycles. The van der Waals surface area contributed by atoms with Gasteiger partial charge in [-0.05, 0) is 36.4 Å². The molecule has 2 aromatic heterocycles. The summed E-state index contributed by atoms with van der Waals surface area (Å²) in [6.07, 6.45) is 0. The molecule has 0 amide bonds. The van der Waals surface area contributed by atoms with Gasteiger partial charge >= 0.3 is 0 Å². The summed E-state index contributed by atoms with van der Waals surface area (Å²) in [6.45, 7) is 0. The van der Waals surface area contributed by atoms with Crippen molar-refractivity contribution >= 4 is 11.8 Å². The third-order valence-corrected chi connectivity index (χ3v) is 5.29. The minimum absolute atomic E-state index is 0.696. The number of thioether (sulfide) groups is 1. The van der Waals surface area contributed by atoms with Crippen LogP contribution < -0.4 is 4.74 Å². The van der Waals surface area contributed by atoms with Crippen LogP contribution in [0.1, 0.15) is 5.76 Å². The first-order valence-electron chi connectivity index (χ1n) is 8.55. The Bertz CT molecular complexity index is 1020. The van der Waals surface area contributed by atoms with Crippen molar-refractivity contribution in [2.75, 3.05) is 7.11 Å². The monoisotopic (exact) mass is 377 g/mol. The van der Waals surface area contributed by atoms with Gasteiger partial charge in [-0.3, -0.25) is 0 Å². The number of methoxy groups -OCH3 is 1. The molecule has 0 atom stereocenters. The van der Waals surface area contributed by atoms with Gasteiger partial charge in [0.25, 0.3) is 0 Å². The summed E-state index contributed by atoms with van der Waals surface area (Å²) < 4.78 is 13.2. The fourth-order valence-corrected chi connectivity index (χ4v) is 3.59. The van der Waals surface area contributed by atoms with Crippen molar-refractivity contribution in [2.24, 2.45) is 7.05 Å². The van der Waals surface area contributed by atoms with Gasteiger partial charge in [0.2, 0.25) is 0 Å². The van der Waals surface area contributed by atoms with Gasteiger partial charge in [-0.1, -0.05) is 42.1 Å². The number of benzene rings is 2. The molecule has 6 heteroatoms. The van der Waals surface area contributed by atoms with Crippen molar-refractivity contribution in [3.05, 3.63) is 72.5 Å². The van der Waals surface area contributed by atoms with Crippen LogP contribution in [0.25, 0.3) is 22.7 Å². The van der Waals surface area contributed by atoms with Crippen LogP contribution in [0.4, 0.5) is 0 Å². The number of hydrogen-bond acceptors (Lipinski definition) is 5. The largest absolute Gasteiger partial charge is 0.497 e. The topological polar surface area (TPSA) is 53.1 Å². The smallest absolute Gasteiger partial charge is 0.191 e. The van der Waals surface area contributed by atoms with Crippen molar-refractivity contribution < 1.29 is 9.15 Å². The fourth-order valence-electron chi connectivity index (χ4n) is 2.78. The molecule has 0 spiro atoms. The van der Waals surface area contributed by atoms with Crippen molar-refractivity contribution in [3.8, 4) is 28.5 Å². The van der Waals surface area contributed by atoms with Crippen LogP contribution in [0.5, 0.6) is 5.75 Å². The Labute approximate surface area is 162 Å². The molecule has 0 aliphatic rings. The number of hydrogen-bond donors (Lipinski definition) is 0. The third-order valence-electron chi connectivity index (χ3n) is 4.25. The summed E-state index contributed by atoms with van der Waals surface area (Å²) in [5, 5.41) is 9.49. The minimum atomic E-state index is 0.696. The van der Waals surface area contributed by atoms with Gasteiger partial charge in [-0.25, -0.2) is 0 Å². The SMILES string of the molecule is COc1ccc(-c2nnc(SCc3ccc(-c4ccccc4)o3)n2C)cc1. The number of aromatic nitrogens is 3. The quantitative estimate of drug-likeness (QED) is 0.441. The molecular weight excluding hydrogens is 358 g/mol. The van der Waals surface area contributed by atoms with E-state index < -0.39 is 0 Å². The molecule has 0 saturated carbocycles. The van der Waals surface area contributed by atoms with E-state index in [0.717, 1.165) is 39.4 Å². The second-order valence-electron chi connectivity index (χ2n) is 6.01. The van der Waals surface area contributed by atoms with Gasteiger partial charge in [-0.2, -0.15) is 0 Å². The molecule has 0 fully saturated rings. The predicted octanol–water partition coefficient (Wildman–Crippen LogP) is 5.04. The van der Waals surface area contributed by atoms with Crippen LogP contribution in [0.3, 0.4) is 0 Å². The summed E-state index contributed by atoms with van der Waals surface area (Å²) in [5.41, 5.74) is 2.08. The van der Waals surface area contributed by atoms with Crippen molar-refractivity contribution in [1.82, 2.24) is 14.8 Å². The molecule has 0 bridgehead atoms. The molecule has 27 heavy (non-hydrogen) atoms. The Hall–Kier alpha value is -2.99. The minimum Gasteiger partial charge on any atom is -0.497 e. The standard InChI is InChI=1S/C21H19N3O2S/c1-24-20(16-8-10-17(25-2)11-9-16)22-23-21(24)27-14-18-12-13-19(26-18)15-6-4-3-5-7-15/h3-13H,14H2,1-2H3. The summed E-state index contributed by atoms with van der Waals surface area (Å²) >= 11 is 1.60. The Kier molecular flexibility index (Phi) is 4.98. The van der Waals surface area contributed by atoms with E-state index in [9.17, 15) is 0 Å². The highest BCUT2D eigenvalue weighted by molar-refractivity contribution is 7.98. The lowest BCUT2D eigenvalue weighted by Gasteiger charge is -2.04. The van der Waals surface area contributed by atoms with Crippen LogP contribution in [0, 0.1) is 0 Å². The molecule has 4 rings (SSSR count). The van der Waals surface area contributed by atoms with E-state index in [0.29, 0.717) is 5.75 Å². The Morgan fingerprint density at radius 2 is 1.70 bits per heavy atom. The summed E-state index contributed by atoms with van der Waals surface area (Å²) in [4.78, 5) is 0. The highest BCUT2D eigenvalue weighted by Crippen LogP contribution is 2.28. The van der Waals surface area contributed by atoms with E-state index in [1.807, 2.05) is 78.3 Å². The highest BCUT2D eigenvalue weighted by Gasteiger charge is 2.13. The third kappa shape index (κ3) is 3.75. The summed E-state index contributed by atoms with van der Waals surface area (Å²) in [6, 6.07) is 21.9. The molecule has 2 heterocycles. The molecule has 136 valence electrons. The Morgan fingerprint density at radius 3 is 2.44 bits per heavy atom. The van der Waals surface area contributed by atoms with Crippen LogP contribution >= 0.6 is 11.8 Å². The second kappa shape index (κ2) is 7.72. The lowest BCUT2D eigenvalue weighted by molar-refractivity contribution is 0.415. The lowest BCUT2D eigenvalue weighted by Crippen LogP contribution is -1.95. The van der Waals surface area contributed by atoms with Crippen molar-refractivity contribution in [2.45, 2.75) is 10.9 Å². The zero-order chi connectivity index (χ0) is 18.6. The Balaban J connectivity index is 1.46. The maximum absolute atomic E-state index is 5.96. The number of rotatable bonds is 6. The average molecular weight is 377 g/mol. The Morgan fingerprint density at radius 1 is 0.926 bits per heavy atom. The first-order chi connectivity index (χ1) is 13.2. The van der Waals surface area contributed by atoms with Crippen LogP contribution in [0.15, 0.2) is 76.3 Å². The van der Waals surface area contributed by atoms with Crippen LogP contribution in [-0.4, -0.2) is 21.9 Å². The summed E-state index contributed by atoms with van der Waals surface area (Å²) in [7, 11) is 3.63. The average Bonchev–Trinajstić information content (AvgIpc) is 3.34. The number of nitrogens with zero attached hydrogens (tertiary/aromatic N) is 3. The maximum atomic E-state index is 5.96. The van der Waals surface area contributed by atoms with Crippen LogP contribution in [0.2, 0.25) is 0 Å². The first-order valence-corrected chi connectivity index (χ1v) is 9.54. The molecule has 5 nitrogen and oxygen atoms in total. The molecule has 2 aromatic carbocycles. The number of ether oxygens (including phenoxy) is 1. The van der Waals surface area contributed by atoms with E-state index in [2.05, 4.69) is 10.2 Å². The second-order valence-corrected chi connectivity index (χ2v) is 6.96. The van der Waals surface area contributed by atoms with Gasteiger partial charge in [0.1, 0.15) is 17.3 Å². The molecule has 0 unspecified atom stereocenters. The maximum Gasteiger partial charge on any atom is 0.191 e. The lowest BCUT2D eigenvalue weighted by atomic mass is 10.2. The van der Waals surface area contributed by atoms with Gasteiger partial charge in [-0.15, -0.1) is 10.2 Å². The van der Waals surface area contributed by atoms with E-state index in [-0.39, 0.29) is 0 Å². The first kappa shape index (κ1) is 17.4. The van der Waals surface area contributed by atoms with E-state index in [1.54, 1.807) is 18.9 Å². The molecule has 0 aliphatic heterocycles. The zero-order valence-electron chi connectivity index (χ0n) is 15.1. The van der Waals surface area contributed by atoms with Crippen molar-refractivity contribution in [3.63, 3.8) is 0 Å². The van der Waals surface area contributed by atoms with Gasteiger partial charge < -0.3 is 13.7 Å². The zero-order valence-corrected chi connectivity index (χ0v) is 15.9. The molecular formula is C21H19N3O2S.